The van der Waals surface area contributed by atoms with Crippen LogP contribution in [0.2, 0.25) is 5.02 Å². The van der Waals surface area contributed by atoms with E-state index in [1.54, 1.807) is 11.8 Å². The van der Waals surface area contributed by atoms with Gasteiger partial charge in [-0.15, -0.1) is 0 Å². The number of rotatable bonds is 12. The van der Waals surface area contributed by atoms with E-state index in [4.69, 9.17) is 21.1 Å². The van der Waals surface area contributed by atoms with Gasteiger partial charge in [0.25, 0.3) is 0 Å². The molecule has 1 aliphatic carbocycles. The summed E-state index contributed by atoms with van der Waals surface area (Å²) in [5.74, 6) is 1.18. The molecule has 1 N–H and O–H groups in total. The van der Waals surface area contributed by atoms with Gasteiger partial charge in [0.2, 0.25) is 11.8 Å². The molecule has 0 heterocycles. The topological polar surface area (TPSA) is 67.9 Å². The molecule has 1 fully saturated rings. The molecule has 0 radical (unpaired) electrons. The molecule has 2 aromatic carbocycles. The lowest BCUT2D eigenvalue weighted by molar-refractivity contribution is -0.141. The number of nitrogens with zero attached hydrogens (tertiary/aromatic N) is 1. The average molecular weight is 515 g/mol. The molecule has 0 unspecified atom stereocenters. The number of aryl methyl sites for hydroxylation is 1. The third-order valence-electron chi connectivity index (χ3n) is 6.65. The first kappa shape index (κ1) is 27.9. The van der Waals surface area contributed by atoms with Gasteiger partial charge in [-0.05, 0) is 69.4 Å². The zero-order valence-electron chi connectivity index (χ0n) is 21.7. The minimum absolute atomic E-state index is 0.0898. The first-order valence-electron chi connectivity index (χ1n) is 13.1. The van der Waals surface area contributed by atoms with Crippen LogP contribution in [-0.4, -0.2) is 42.0 Å². The first-order valence-corrected chi connectivity index (χ1v) is 13.5. The maximum atomic E-state index is 13.5. The van der Waals surface area contributed by atoms with Crippen LogP contribution in [0.5, 0.6) is 11.5 Å². The van der Waals surface area contributed by atoms with Crippen molar-refractivity contribution in [1.82, 2.24) is 10.2 Å². The van der Waals surface area contributed by atoms with Gasteiger partial charge in [-0.25, -0.2) is 0 Å². The third kappa shape index (κ3) is 7.89. The van der Waals surface area contributed by atoms with Crippen LogP contribution in [0.4, 0.5) is 0 Å². The molecule has 3 rings (SSSR count). The van der Waals surface area contributed by atoms with E-state index in [-0.39, 0.29) is 30.8 Å². The largest absolute Gasteiger partial charge is 0.490 e. The van der Waals surface area contributed by atoms with Gasteiger partial charge in [-0.3, -0.25) is 9.59 Å². The number of benzene rings is 2. The standard InChI is InChI=1S/C29H39ClN2O4/c1-4-35-26-17-15-22(19-27(26)36-5-2)16-18-28(33)32(20-23-11-9-10-14-25(23)30)21(3)29(34)31-24-12-7-6-8-13-24/h9-11,14-15,17,19,21,24H,4-8,12-13,16,18,20H2,1-3H3,(H,31,34)/t21-/m1/s1. The number of hydrogen-bond acceptors (Lipinski definition) is 4. The van der Waals surface area contributed by atoms with Crippen molar-refractivity contribution in [3.8, 4) is 11.5 Å². The molecule has 6 nitrogen and oxygen atoms in total. The summed E-state index contributed by atoms with van der Waals surface area (Å²) in [4.78, 5) is 28.3. The molecular formula is C29H39ClN2O4. The summed E-state index contributed by atoms with van der Waals surface area (Å²) >= 11 is 6.41. The van der Waals surface area contributed by atoms with E-state index >= 15 is 0 Å². The van der Waals surface area contributed by atoms with Crippen LogP contribution in [0.25, 0.3) is 0 Å². The molecule has 2 aromatic rings. The normalized spacial score (nSPS) is 14.7. The van der Waals surface area contributed by atoms with Gasteiger partial charge in [0.05, 0.1) is 13.2 Å². The lowest BCUT2D eigenvalue weighted by Gasteiger charge is -2.31. The summed E-state index contributed by atoms with van der Waals surface area (Å²) in [5, 5.41) is 3.76. The maximum absolute atomic E-state index is 13.5. The lowest BCUT2D eigenvalue weighted by atomic mass is 9.95. The van der Waals surface area contributed by atoms with E-state index in [2.05, 4.69) is 5.32 Å². The summed E-state index contributed by atoms with van der Waals surface area (Å²) < 4.78 is 11.4. The molecule has 0 aromatic heterocycles. The summed E-state index contributed by atoms with van der Waals surface area (Å²) in [6.07, 6.45) is 6.27. The molecule has 0 spiro atoms. The van der Waals surface area contributed by atoms with Gasteiger partial charge < -0.3 is 19.7 Å². The fraction of sp³-hybridized carbons (Fsp3) is 0.517. The summed E-state index contributed by atoms with van der Waals surface area (Å²) in [6.45, 7) is 7.03. The minimum Gasteiger partial charge on any atom is -0.490 e. The van der Waals surface area contributed by atoms with Crippen molar-refractivity contribution in [3.63, 3.8) is 0 Å². The van der Waals surface area contributed by atoms with Crippen LogP contribution in [0.15, 0.2) is 42.5 Å². The molecule has 2 amide bonds. The van der Waals surface area contributed by atoms with Crippen LogP contribution in [-0.2, 0) is 22.6 Å². The Morgan fingerprint density at radius 1 is 1.03 bits per heavy atom. The molecule has 36 heavy (non-hydrogen) atoms. The van der Waals surface area contributed by atoms with Crippen LogP contribution in [0, 0.1) is 0 Å². The van der Waals surface area contributed by atoms with E-state index in [0.717, 1.165) is 36.8 Å². The Kier molecular flexibility index (Phi) is 10.9. The molecule has 0 aliphatic heterocycles. The fourth-order valence-electron chi connectivity index (χ4n) is 4.61. The Labute approximate surface area is 220 Å². The first-order chi connectivity index (χ1) is 17.4. The Balaban J connectivity index is 1.73. The Hall–Kier alpha value is -2.73. The number of carbonyl (C=O) groups is 2. The summed E-state index contributed by atoms with van der Waals surface area (Å²) in [5.41, 5.74) is 1.80. The van der Waals surface area contributed by atoms with Crippen molar-refractivity contribution in [2.24, 2.45) is 0 Å². The second-order valence-corrected chi connectivity index (χ2v) is 9.69. The van der Waals surface area contributed by atoms with E-state index in [1.807, 2.05) is 56.3 Å². The second-order valence-electron chi connectivity index (χ2n) is 9.28. The summed E-state index contributed by atoms with van der Waals surface area (Å²) in [6, 6.07) is 12.8. The van der Waals surface area contributed by atoms with Gasteiger partial charge in [0, 0.05) is 24.0 Å². The lowest BCUT2D eigenvalue weighted by Crippen LogP contribution is -2.50. The number of hydrogen-bond donors (Lipinski definition) is 1. The highest BCUT2D eigenvalue weighted by Crippen LogP contribution is 2.29. The number of halogens is 1. The highest BCUT2D eigenvalue weighted by Gasteiger charge is 2.28. The zero-order valence-corrected chi connectivity index (χ0v) is 22.5. The summed E-state index contributed by atoms with van der Waals surface area (Å²) in [7, 11) is 0. The van der Waals surface area contributed by atoms with Crippen molar-refractivity contribution in [2.75, 3.05) is 13.2 Å². The molecule has 0 bridgehead atoms. The van der Waals surface area contributed by atoms with Crippen molar-refractivity contribution < 1.29 is 19.1 Å². The quantitative estimate of drug-likeness (QED) is 0.381. The number of nitrogens with one attached hydrogen (secondary N) is 1. The van der Waals surface area contributed by atoms with Crippen molar-refractivity contribution in [2.45, 2.75) is 84.3 Å². The smallest absolute Gasteiger partial charge is 0.242 e. The average Bonchev–Trinajstić information content (AvgIpc) is 2.88. The van der Waals surface area contributed by atoms with Gasteiger partial charge in [0.1, 0.15) is 6.04 Å². The molecule has 1 atom stereocenters. The number of ether oxygens (including phenoxy) is 2. The molecular weight excluding hydrogens is 476 g/mol. The van der Waals surface area contributed by atoms with Crippen LogP contribution >= 0.6 is 11.6 Å². The van der Waals surface area contributed by atoms with Crippen molar-refractivity contribution >= 4 is 23.4 Å². The predicted molar refractivity (Wildman–Crippen MR) is 144 cm³/mol. The van der Waals surface area contributed by atoms with E-state index in [9.17, 15) is 9.59 Å². The van der Waals surface area contributed by atoms with Crippen LogP contribution in [0.3, 0.4) is 0 Å². The van der Waals surface area contributed by atoms with Crippen molar-refractivity contribution in [3.05, 3.63) is 58.6 Å². The predicted octanol–water partition coefficient (Wildman–Crippen LogP) is 5.94. The third-order valence-corrected chi connectivity index (χ3v) is 7.02. The highest BCUT2D eigenvalue weighted by atomic mass is 35.5. The van der Waals surface area contributed by atoms with Crippen LogP contribution in [0.1, 0.15) is 70.4 Å². The minimum atomic E-state index is -0.602. The van der Waals surface area contributed by atoms with Gasteiger partial charge in [0.15, 0.2) is 11.5 Å². The van der Waals surface area contributed by atoms with E-state index in [0.29, 0.717) is 36.2 Å². The second kappa shape index (κ2) is 14.1. The SMILES string of the molecule is CCOc1ccc(CCC(=O)N(Cc2ccccc2Cl)[C@H](C)C(=O)NC2CCCCC2)cc1OCC. The van der Waals surface area contributed by atoms with Gasteiger partial charge >= 0.3 is 0 Å². The van der Waals surface area contributed by atoms with E-state index < -0.39 is 6.04 Å². The highest BCUT2D eigenvalue weighted by molar-refractivity contribution is 6.31. The molecule has 7 heteroatoms. The zero-order chi connectivity index (χ0) is 25.9. The monoisotopic (exact) mass is 514 g/mol. The molecule has 0 saturated heterocycles. The van der Waals surface area contributed by atoms with Crippen molar-refractivity contribution in [1.29, 1.82) is 0 Å². The number of amides is 2. The number of carbonyl (C=O) groups excluding carboxylic acids is 2. The fourth-order valence-corrected chi connectivity index (χ4v) is 4.80. The Morgan fingerprint density at radius 3 is 2.42 bits per heavy atom. The Bertz CT molecular complexity index is 1010. The van der Waals surface area contributed by atoms with Gasteiger partial charge in [-0.2, -0.15) is 0 Å². The molecule has 1 aliphatic rings. The molecule has 1 saturated carbocycles. The van der Waals surface area contributed by atoms with Crippen LogP contribution < -0.4 is 14.8 Å². The van der Waals surface area contributed by atoms with Gasteiger partial charge in [-0.1, -0.05) is 55.1 Å². The maximum Gasteiger partial charge on any atom is 0.242 e. The van der Waals surface area contributed by atoms with E-state index in [1.165, 1.54) is 6.42 Å². The molecule has 196 valence electrons. The Morgan fingerprint density at radius 2 is 1.72 bits per heavy atom.